The molecule has 1 N–H and O–H groups in total. The van der Waals surface area contributed by atoms with Gasteiger partial charge >= 0.3 is 5.97 Å². The molecule has 0 saturated heterocycles. The highest BCUT2D eigenvalue weighted by Crippen LogP contribution is 2.16. The first-order valence-corrected chi connectivity index (χ1v) is 7.73. The number of hydrogen-bond acceptors (Lipinski definition) is 6. The average Bonchev–Trinajstić information content (AvgIpc) is 2.94. The van der Waals surface area contributed by atoms with E-state index in [-0.39, 0.29) is 24.8 Å². The smallest absolute Gasteiger partial charge is 0.311 e. The van der Waals surface area contributed by atoms with E-state index in [1.165, 1.54) is 35.6 Å². The van der Waals surface area contributed by atoms with Gasteiger partial charge < -0.3 is 9.47 Å². The van der Waals surface area contributed by atoms with E-state index in [1.54, 1.807) is 12.3 Å². The summed E-state index contributed by atoms with van der Waals surface area (Å²) in [5.74, 6) is -0.746. The monoisotopic (exact) mass is 338 g/mol. The topological polar surface area (TPSA) is 77.5 Å². The van der Waals surface area contributed by atoms with Gasteiger partial charge in [0.15, 0.2) is 11.7 Å². The number of benzene rings is 1. The summed E-state index contributed by atoms with van der Waals surface area (Å²) in [6.07, 6.45) is 0.0618. The zero-order chi connectivity index (χ0) is 16.7. The Morgan fingerprint density at radius 3 is 2.74 bits per heavy atom. The summed E-state index contributed by atoms with van der Waals surface area (Å²) in [6, 6.07) is 5.36. The molecular formula is C15H15FN2O4S. The second kappa shape index (κ2) is 8.23. The van der Waals surface area contributed by atoms with Crippen molar-refractivity contribution in [3.63, 3.8) is 0 Å². The fraction of sp³-hybridized carbons (Fsp3) is 0.267. The summed E-state index contributed by atoms with van der Waals surface area (Å²) < 4.78 is 22.8. The number of amides is 1. The van der Waals surface area contributed by atoms with Crippen LogP contribution in [0.15, 0.2) is 29.6 Å². The predicted octanol–water partition coefficient (Wildman–Crippen LogP) is 2.41. The van der Waals surface area contributed by atoms with Crippen LogP contribution in [-0.2, 0) is 20.7 Å². The molecule has 1 aromatic heterocycles. The third-order valence-electron chi connectivity index (χ3n) is 2.61. The quantitative estimate of drug-likeness (QED) is 0.785. The van der Waals surface area contributed by atoms with E-state index in [0.29, 0.717) is 23.2 Å². The minimum absolute atomic E-state index is 0.0618. The number of nitrogens with zero attached hydrogens (tertiary/aromatic N) is 1. The predicted molar refractivity (Wildman–Crippen MR) is 83.0 cm³/mol. The number of thiazole rings is 1. The van der Waals surface area contributed by atoms with Crippen molar-refractivity contribution in [2.24, 2.45) is 0 Å². The standard InChI is InChI=1S/C15H15FN2O4S/c1-2-21-14(20)7-11-9-23-15(17-11)18-13(19)8-22-12-5-3-10(16)4-6-12/h3-6,9H,2,7-8H2,1H3,(H,17,18,19). The van der Waals surface area contributed by atoms with Crippen molar-refractivity contribution >= 4 is 28.3 Å². The average molecular weight is 338 g/mol. The maximum absolute atomic E-state index is 12.7. The number of hydrogen-bond donors (Lipinski definition) is 1. The van der Waals surface area contributed by atoms with Gasteiger partial charge in [-0.25, -0.2) is 9.37 Å². The molecule has 0 aliphatic heterocycles. The van der Waals surface area contributed by atoms with Crippen LogP contribution in [0.4, 0.5) is 9.52 Å². The number of anilines is 1. The molecule has 0 radical (unpaired) electrons. The molecule has 0 bridgehead atoms. The van der Waals surface area contributed by atoms with Crippen LogP contribution in [0.25, 0.3) is 0 Å². The number of halogens is 1. The van der Waals surface area contributed by atoms with E-state index in [4.69, 9.17) is 9.47 Å². The van der Waals surface area contributed by atoms with Crippen LogP contribution in [0, 0.1) is 5.82 Å². The minimum atomic E-state index is -0.397. The lowest BCUT2D eigenvalue weighted by Gasteiger charge is -2.05. The third kappa shape index (κ3) is 5.67. The number of esters is 1. The lowest BCUT2D eigenvalue weighted by atomic mass is 10.3. The zero-order valence-electron chi connectivity index (χ0n) is 12.4. The molecule has 2 aromatic rings. The SMILES string of the molecule is CCOC(=O)Cc1csc(NC(=O)COc2ccc(F)cc2)n1. The second-order valence-corrected chi connectivity index (χ2v) is 5.27. The molecule has 0 atom stereocenters. The van der Waals surface area contributed by atoms with E-state index >= 15 is 0 Å². The molecule has 8 heteroatoms. The number of rotatable bonds is 7. The molecule has 0 aliphatic rings. The molecule has 6 nitrogen and oxygen atoms in total. The first-order valence-electron chi connectivity index (χ1n) is 6.85. The molecule has 0 saturated carbocycles. The number of ether oxygens (including phenoxy) is 2. The third-order valence-corrected chi connectivity index (χ3v) is 3.42. The number of carbonyl (C=O) groups is 2. The molecule has 0 spiro atoms. The van der Waals surface area contributed by atoms with Crippen molar-refractivity contribution < 1.29 is 23.5 Å². The molecule has 0 aliphatic carbocycles. The largest absolute Gasteiger partial charge is 0.484 e. The Hall–Kier alpha value is -2.48. The van der Waals surface area contributed by atoms with E-state index in [9.17, 15) is 14.0 Å². The van der Waals surface area contributed by atoms with Gasteiger partial charge in [0.2, 0.25) is 0 Å². The molecular weight excluding hydrogens is 323 g/mol. The molecule has 2 rings (SSSR count). The molecule has 23 heavy (non-hydrogen) atoms. The zero-order valence-corrected chi connectivity index (χ0v) is 13.2. The van der Waals surface area contributed by atoms with Gasteiger partial charge in [0, 0.05) is 5.38 Å². The Morgan fingerprint density at radius 1 is 1.30 bits per heavy atom. The van der Waals surface area contributed by atoms with Crippen LogP contribution >= 0.6 is 11.3 Å². The highest BCUT2D eigenvalue weighted by molar-refractivity contribution is 7.13. The second-order valence-electron chi connectivity index (χ2n) is 4.42. The van der Waals surface area contributed by atoms with Crippen LogP contribution in [0.5, 0.6) is 5.75 Å². The van der Waals surface area contributed by atoms with Gasteiger partial charge in [-0.3, -0.25) is 14.9 Å². The van der Waals surface area contributed by atoms with Gasteiger partial charge in [-0.15, -0.1) is 11.3 Å². The molecule has 1 aromatic carbocycles. The molecule has 122 valence electrons. The van der Waals surface area contributed by atoms with E-state index < -0.39 is 5.91 Å². The van der Waals surface area contributed by atoms with Crippen molar-refractivity contribution in [2.45, 2.75) is 13.3 Å². The van der Waals surface area contributed by atoms with E-state index in [1.807, 2.05) is 0 Å². The summed E-state index contributed by atoms with van der Waals surface area (Å²) >= 11 is 1.21. The Kier molecular flexibility index (Phi) is 6.04. The summed E-state index contributed by atoms with van der Waals surface area (Å²) in [4.78, 5) is 27.2. The molecule has 0 fully saturated rings. The van der Waals surface area contributed by atoms with E-state index in [0.717, 1.165) is 0 Å². The van der Waals surface area contributed by atoms with Crippen molar-refractivity contribution in [3.8, 4) is 5.75 Å². The van der Waals surface area contributed by atoms with Crippen LogP contribution in [0.1, 0.15) is 12.6 Å². The van der Waals surface area contributed by atoms with Gasteiger partial charge in [0.25, 0.3) is 5.91 Å². The fourth-order valence-corrected chi connectivity index (χ4v) is 2.37. The first kappa shape index (κ1) is 16.9. The highest BCUT2D eigenvalue weighted by atomic mass is 32.1. The summed E-state index contributed by atoms with van der Waals surface area (Å²) in [7, 11) is 0. The van der Waals surface area contributed by atoms with Gasteiger partial charge in [0.05, 0.1) is 18.7 Å². The Bertz CT molecular complexity index is 672. The number of nitrogens with one attached hydrogen (secondary N) is 1. The summed E-state index contributed by atoms with van der Waals surface area (Å²) in [6.45, 7) is 1.82. The van der Waals surface area contributed by atoms with Crippen molar-refractivity contribution in [1.82, 2.24) is 4.98 Å². The normalized spacial score (nSPS) is 10.2. The van der Waals surface area contributed by atoms with Crippen LogP contribution in [0.3, 0.4) is 0 Å². The van der Waals surface area contributed by atoms with Crippen molar-refractivity contribution in [2.75, 3.05) is 18.5 Å². The highest BCUT2D eigenvalue weighted by Gasteiger charge is 2.11. The summed E-state index contributed by atoms with van der Waals surface area (Å²) in [5, 5.41) is 4.61. The number of aromatic nitrogens is 1. The van der Waals surface area contributed by atoms with Gasteiger partial charge in [-0.1, -0.05) is 0 Å². The fourth-order valence-electron chi connectivity index (χ4n) is 1.64. The van der Waals surface area contributed by atoms with Crippen molar-refractivity contribution in [1.29, 1.82) is 0 Å². The van der Waals surface area contributed by atoms with Gasteiger partial charge in [-0.2, -0.15) is 0 Å². The molecule has 1 heterocycles. The van der Waals surface area contributed by atoms with E-state index in [2.05, 4.69) is 10.3 Å². The van der Waals surface area contributed by atoms with Gasteiger partial charge in [0.1, 0.15) is 11.6 Å². The van der Waals surface area contributed by atoms with Crippen LogP contribution < -0.4 is 10.1 Å². The maximum atomic E-state index is 12.7. The lowest BCUT2D eigenvalue weighted by molar-refractivity contribution is -0.142. The first-order chi connectivity index (χ1) is 11.1. The van der Waals surface area contributed by atoms with Crippen molar-refractivity contribution in [3.05, 3.63) is 41.2 Å². The Labute approximate surface area is 136 Å². The lowest BCUT2D eigenvalue weighted by Crippen LogP contribution is -2.20. The number of carbonyl (C=O) groups excluding carboxylic acids is 2. The summed E-state index contributed by atoms with van der Waals surface area (Å²) in [5.41, 5.74) is 0.531. The molecule has 0 unspecified atom stereocenters. The van der Waals surface area contributed by atoms with Crippen LogP contribution in [0.2, 0.25) is 0 Å². The maximum Gasteiger partial charge on any atom is 0.311 e. The Balaban J connectivity index is 1.80. The van der Waals surface area contributed by atoms with Gasteiger partial charge in [-0.05, 0) is 31.2 Å². The molecule has 1 amide bonds. The Morgan fingerprint density at radius 2 is 2.04 bits per heavy atom. The minimum Gasteiger partial charge on any atom is -0.484 e. The van der Waals surface area contributed by atoms with Crippen LogP contribution in [-0.4, -0.2) is 30.1 Å².